The van der Waals surface area contributed by atoms with Gasteiger partial charge in [-0.15, -0.1) is 0 Å². The first-order valence-corrected chi connectivity index (χ1v) is 10.2. The van der Waals surface area contributed by atoms with Gasteiger partial charge in [-0.2, -0.15) is 0 Å². The summed E-state index contributed by atoms with van der Waals surface area (Å²) in [6.07, 6.45) is 3.88. The number of halogens is 1. The minimum atomic E-state index is -0.842. The van der Waals surface area contributed by atoms with E-state index in [0.717, 1.165) is 56.0 Å². The summed E-state index contributed by atoms with van der Waals surface area (Å²) in [5.41, 5.74) is 1.13. The van der Waals surface area contributed by atoms with Gasteiger partial charge in [0.15, 0.2) is 5.15 Å². The molecule has 1 aliphatic heterocycles. The van der Waals surface area contributed by atoms with Gasteiger partial charge in [-0.3, -0.25) is 4.90 Å². The van der Waals surface area contributed by atoms with Gasteiger partial charge >= 0.3 is 0 Å². The number of nitrogens with zero attached hydrogens (tertiary/aromatic N) is 3. The summed E-state index contributed by atoms with van der Waals surface area (Å²) in [6, 6.07) is 10.0. The van der Waals surface area contributed by atoms with Crippen LogP contribution in [0.25, 0.3) is 0 Å². The predicted octanol–water partition coefficient (Wildman–Crippen LogP) is 3.43. The maximum absolute atomic E-state index is 11.5. The standard InChI is InChI=1S/C21H31ClN4O/c1-4-5-11-19-23-17(20(22)24-19)14-26-13-12-21(27,18(15-26)25(2)3)16-9-7-6-8-10-16/h6-10,18,27H,4-5,11-15H2,1-3H3,(H,23,24)/t18-,21+/m1/s1. The fourth-order valence-electron chi connectivity index (χ4n) is 4.01. The second-order valence-corrected chi connectivity index (χ2v) is 8.17. The van der Waals surface area contributed by atoms with Crippen molar-refractivity contribution in [2.45, 2.75) is 50.8 Å². The van der Waals surface area contributed by atoms with Crippen molar-refractivity contribution < 1.29 is 5.11 Å². The topological polar surface area (TPSA) is 55.4 Å². The van der Waals surface area contributed by atoms with Gasteiger partial charge in [0.2, 0.25) is 0 Å². The predicted molar refractivity (Wildman–Crippen MR) is 110 cm³/mol. The van der Waals surface area contributed by atoms with E-state index in [-0.39, 0.29) is 6.04 Å². The number of aromatic nitrogens is 2. The molecule has 0 radical (unpaired) electrons. The number of likely N-dealkylation sites (N-methyl/N-ethyl adjacent to an activating group) is 1. The summed E-state index contributed by atoms with van der Waals surface area (Å²) in [5, 5.41) is 12.1. The minimum absolute atomic E-state index is 0.00917. The highest BCUT2D eigenvalue weighted by Gasteiger charge is 2.44. The molecule has 5 nitrogen and oxygen atoms in total. The van der Waals surface area contributed by atoms with Crippen molar-refractivity contribution in [3.63, 3.8) is 0 Å². The van der Waals surface area contributed by atoms with Gasteiger partial charge in [0.05, 0.1) is 11.7 Å². The first-order chi connectivity index (χ1) is 12.9. The van der Waals surface area contributed by atoms with Crippen molar-refractivity contribution in [3.05, 3.63) is 52.6 Å². The Kier molecular flexibility index (Phi) is 6.58. The molecule has 2 aromatic rings. The molecule has 0 amide bonds. The lowest BCUT2D eigenvalue weighted by atomic mass is 9.80. The lowest BCUT2D eigenvalue weighted by Crippen LogP contribution is -2.58. The van der Waals surface area contributed by atoms with Gasteiger partial charge in [-0.1, -0.05) is 55.3 Å². The van der Waals surface area contributed by atoms with Crippen LogP contribution in [0.3, 0.4) is 0 Å². The molecule has 0 aliphatic carbocycles. The van der Waals surface area contributed by atoms with Crippen molar-refractivity contribution >= 4 is 11.6 Å². The maximum atomic E-state index is 11.5. The second-order valence-electron chi connectivity index (χ2n) is 7.81. The van der Waals surface area contributed by atoms with Crippen molar-refractivity contribution in [2.24, 2.45) is 0 Å². The first-order valence-electron chi connectivity index (χ1n) is 9.84. The lowest BCUT2D eigenvalue weighted by Gasteiger charge is -2.47. The van der Waals surface area contributed by atoms with Crippen LogP contribution in [0.15, 0.2) is 30.3 Å². The van der Waals surface area contributed by atoms with E-state index in [1.165, 1.54) is 0 Å². The number of piperidine rings is 1. The van der Waals surface area contributed by atoms with E-state index in [9.17, 15) is 5.11 Å². The number of aryl methyl sites for hydroxylation is 1. The largest absolute Gasteiger partial charge is 0.383 e. The van der Waals surface area contributed by atoms with E-state index in [2.05, 4.69) is 26.7 Å². The Bertz CT molecular complexity index is 733. The third kappa shape index (κ3) is 4.54. The van der Waals surface area contributed by atoms with E-state index in [1.807, 2.05) is 44.4 Å². The van der Waals surface area contributed by atoms with Crippen LogP contribution in [0.5, 0.6) is 0 Å². The van der Waals surface area contributed by atoms with E-state index in [1.54, 1.807) is 0 Å². The summed E-state index contributed by atoms with van der Waals surface area (Å²) >= 11 is 6.37. The molecular formula is C21H31ClN4O. The molecule has 2 atom stereocenters. The molecule has 3 rings (SSSR count). The van der Waals surface area contributed by atoms with Crippen LogP contribution in [0.2, 0.25) is 5.15 Å². The highest BCUT2D eigenvalue weighted by Crippen LogP contribution is 2.35. The fourth-order valence-corrected chi connectivity index (χ4v) is 4.22. The third-order valence-corrected chi connectivity index (χ3v) is 5.93. The summed E-state index contributed by atoms with van der Waals surface area (Å²) in [5.74, 6) is 0.971. The van der Waals surface area contributed by atoms with Gasteiger partial charge in [-0.25, -0.2) is 4.98 Å². The first kappa shape index (κ1) is 20.3. The molecule has 1 aromatic carbocycles. The Balaban J connectivity index is 1.73. The zero-order valence-electron chi connectivity index (χ0n) is 16.6. The number of hydrogen-bond donors (Lipinski definition) is 2. The van der Waals surface area contributed by atoms with Gasteiger partial charge in [0.1, 0.15) is 11.4 Å². The third-order valence-electron chi connectivity index (χ3n) is 5.61. The maximum Gasteiger partial charge on any atom is 0.151 e. The number of aliphatic hydroxyl groups is 1. The van der Waals surface area contributed by atoms with Crippen molar-refractivity contribution in [3.8, 4) is 0 Å². The highest BCUT2D eigenvalue weighted by atomic mass is 35.5. The van der Waals surface area contributed by atoms with Crippen LogP contribution in [0.1, 0.15) is 43.3 Å². The number of hydrogen-bond acceptors (Lipinski definition) is 4. The van der Waals surface area contributed by atoms with E-state index in [0.29, 0.717) is 11.6 Å². The van der Waals surface area contributed by atoms with E-state index < -0.39 is 5.60 Å². The van der Waals surface area contributed by atoms with E-state index in [4.69, 9.17) is 11.6 Å². The monoisotopic (exact) mass is 390 g/mol. The molecule has 1 aliphatic rings. The lowest BCUT2D eigenvalue weighted by molar-refractivity contribution is -0.0894. The molecule has 2 N–H and O–H groups in total. The van der Waals surface area contributed by atoms with Gasteiger partial charge in [0, 0.05) is 26.1 Å². The molecule has 2 heterocycles. The number of benzene rings is 1. The Morgan fingerprint density at radius 3 is 2.74 bits per heavy atom. The van der Waals surface area contributed by atoms with Crippen LogP contribution in [0.4, 0.5) is 0 Å². The number of likely N-dealkylation sites (tertiary alicyclic amines) is 1. The summed E-state index contributed by atoms with van der Waals surface area (Å²) < 4.78 is 0. The molecule has 0 unspecified atom stereocenters. The van der Waals surface area contributed by atoms with Crippen LogP contribution < -0.4 is 0 Å². The molecule has 1 fully saturated rings. The van der Waals surface area contributed by atoms with Crippen molar-refractivity contribution in [1.29, 1.82) is 0 Å². The smallest absolute Gasteiger partial charge is 0.151 e. The van der Waals surface area contributed by atoms with Crippen LogP contribution in [0, 0.1) is 0 Å². The highest BCUT2D eigenvalue weighted by molar-refractivity contribution is 6.30. The minimum Gasteiger partial charge on any atom is -0.383 e. The SMILES string of the molecule is CCCCc1nc(Cl)c(CN2CC[C@](O)(c3ccccc3)[C@H](N(C)C)C2)[nH]1. The molecule has 0 saturated carbocycles. The Morgan fingerprint density at radius 1 is 1.33 bits per heavy atom. The molecular weight excluding hydrogens is 360 g/mol. The Morgan fingerprint density at radius 2 is 2.07 bits per heavy atom. The normalized spacial score (nSPS) is 23.9. The van der Waals surface area contributed by atoms with E-state index >= 15 is 0 Å². The number of rotatable bonds is 7. The number of nitrogens with one attached hydrogen (secondary N) is 1. The van der Waals surface area contributed by atoms with Crippen LogP contribution in [-0.2, 0) is 18.6 Å². The molecule has 6 heteroatoms. The molecule has 0 spiro atoms. The van der Waals surface area contributed by atoms with Gasteiger partial charge in [-0.05, 0) is 32.5 Å². The van der Waals surface area contributed by atoms with Crippen molar-refractivity contribution in [1.82, 2.24) is 19.8 Å². The number of H-pyrrole nitrogens is 1. The number of imidazole rings is 1. The molecule has 1 aromatic heterocycles. The quantitative estimate of drug-likeness (QED) is 0.760. The van der Waals surface area contributed by atoms with Gasteiger partial charge < -0.3 is 15.0 Å². The molecule has 0 bridgehead atoms. The molecule has 1 saturated heterocycles. The number of aromatic amines is 1. The Labute approximate surface area is 167 Å². The molecule has 148 valence electrons. The second kappa shape index (κ2) is 8.74. The van der Waals surface area contributed by atoms with Crippen LogP contribution in [-0.4, -0.2) is 58.1 Å². The summed E-state index contributed by atoms with van der Waals surface area (Å²) in [6.45, 7) is 4.50. The fraction of sp³-hybridized carbons (Fsp3) is 0.571. The Hall–Kier alpha value is -1.40. The van der Waals surface area contributed by atoms with Crippen LogP contribution >= 0.6 is 11.6 Å². The average Bonchev–Trinajstić information content (AvgIpc) is 3.01. The average molecular weight is 391 g/mol. The zero-order valence-corrected chi connectivity index (χ0v) is 17.3. The van der Waals surface area contributed by atoms with Gasteiger partial charge in [0.25, 0.3) is 0 Å². The van der Waals surface area contributed by atoms with Crippen molar-refractivity contribution in [2.75, 3.05) is 27.2 Å². The number of unbranched alkanes of at least 4 members (excludes halogenated alkanes) is 1. The summed E-state index contributed by atoms with van der Waals surface area (Å²) in [7, 11) is 4.07. The zero-order chi connectivity index (χ0) is 19.4. The molecule has 27 heavy (non-hydrogen) atoms. The summed E-state index contributed by atoms with van der Waals surface area (Å²) in [4.78, 5) is 12.3.